The number of thiophene rings is 1. The lowest BCUT2D eigenvalue weighted by molar-refractivity contribution is -0.116. The second-order valence-corrected chi connectivity index (χ2v) is 7.92. The molecule has 2 N–H and O–H groups in total. The first-order valence-corrected chi connectivity index (χ1v) is 10.3. The van der Waals surface area contributed by atoms with Crippen LogP contribution in [0.2, 0.25) is 0 Å². The van der Waals surface area contributed by atoms with Crippen molar-refractivity contribution in [3.8, 4) is 0 Å². The van der Waals surface area contributed by atoms with Gasteiger partial charge in [0, 0.05) is 24.0 Å². The number of likely N-dealkylation sites (N-methyl/N-ethyl adjacent to an activating group) is 1. The van der Waals surface area contributed by atoms with E-state index in [1.807, 2.05) is 37.4 Å². The molecule has 0 aliphatic rings. The Morgan fingerprint density at radius 2 is 1.73 bits per heavy atom. The molecule has 2 aromatic carbocycles. The molecule has 0 bridgehead atoms. The molecular formula is C23H23N3O3S. The van der Waals surface area contributed by atoms with Crippen LogP contribution in [-0.4, -0.2) is 36.2 Å². The molecule has 6 nitrogen and oxygen atoms in total. The van der Waals surface area contributed by atoms with Crippen LogP contribution in [0, 0.1) is 13.8 Å². The van der Waals surface area contributed by atoms with E-state index in [9.17, 15) is 14.4 Å². The topological polar surface area (TPSA) is 78.5 Å². The fourth-order valence-corrected chi connectivity index (χ4v) is 3.53. The Hall–Kier alpha value is -3.45. The summed E-state index contributed by atoms with van der Waals surface area (Å²) in [6.07, 6.45) is 0. The van der Waals surface area contributed by atoms with Crippen molar-refractivity contribution in [3.05, 3.63) is 81.5 Å². The summed E-state index contributed by atoms with van der Waals surface area (Å²) in [5, 5.41) is 7.46. The Morgan fingerprint density at radius 1 is 0.967 bits per heavy atom. The molecule has 1 aromatic heterocycles. The maximum absolute atomic E-state index is 12.8. The minimum absolute atomic E-state index is 0.0853. The zero-order chi connectivity index (χ0) is 21.7. The third kappa shape index (κ3) is 5.12. The standard InChI is InChI=1S/C23H23N3O3S/c1-15-7-4-10-19(16(15)2)25-21(27)14-26(3)23(29)17-8-5-9-18(13-17)24-22(28)20-11-6-12-30-20/h4-13H,14H2,1-3H3,(H,24,28)(H,25,27). The van der Waals surface area contributed by atoms with Gasteiger partial charge < -0.3 is 15.5 Å². The molecule has 154 valence electrons. The van der Waals surface area contributed by atoms with E-state index in [0.29, 0.717) is 16.1 Å². The molecule has 1 heterocycles. The predicted octanol–water partition coefficient (Wildman–Crippen LogP) is 4.33. The molecule has 0 aliphatic carbocycles. The lowest BCUT2D eigenvalue weighted by Gasteiger charge is -2.18. The van der Waals surface area contributed by atoms with Gasteiger partial charge in [-0.2, -0.15) is 0 Å². The van der Waals surface area contributed by atoms with Gasteiger partial charge in [0.05, 0.1) is 11.4 Å². The SMILES string of the molecule is Cc1cccc(NC(=O)CN(C)C(=O)c2cccc(NC(=O)c3cccs3)c2)c1C. The fourth-order valence-electron chi connectivity index (χ4n) is 2.91. The average Bonchev–Trinajstić information content (AvgIpc) is 3.26. The van der Waals surface area contributed by atoms with Gasteiger partial charge in [0.2, 0.25) is 5.91 Å². The van der Waals surface area contributed by atoms with Gasteiger partial charge in [-0.05, 0) is 60.7 Å². The zero-order valence-corrected chi connectivity index (χ0v) is 17.9. The number of nitrogens with one attached hydrogen (secondary N) is 2. The molecule has 0 atom stereocenters. The van der Waals surface area contributed by atoms with Crippen molar-refractivity contribution in [1.82, 2.24) is 4.90 Å². The first-order valence-electron chi connectivity index (χ1n) is 9.41. The lowest BCUT2D eigenvalue weighted by atomic mass is 10.1. The van der Waals surface area contributed by atoms with Crippen molar-refractivity contribution in [2.75, 3.05) is 24.2 Å². The van der Waals surface area contributed by atoms with E-state index in [0.717, 1.165) is 16.8 Å². The molecule has 3 aromatic rings. The molecule has 30 heavy (non-hydrogen) atoms. The molecule has 0 saturated heterocycles. The maximum atomic E-state index is 12.8. The van der Waals surface area contributed by atoms with E-state index in [-0.39, 0.29) is 24.3 Å². The summed E-state index contributed by atoms with van der Waals surface area (Å²) in [6, 6.07) is 15.9. The summed E-state index contributed by atoms with van der Waals surface area (Å²) in [5.74, 6) is -0.809. The molecule has 3 rings (SSSR count). The molecule has 7 heteroatoms. The molecule has 0 unspecified atom stereocenters. The van der Waals surface area contributed by atoms with Crippen LogP contribution in [-0.2, 0) is 4.79 Å². The maximum Gasteiger partial charge on any atom is 0.265 e. The van der Waals surface area contributed by atoms with Gasteiger partial charge in [-0.3, -0.25) is 14.4 Å². The molecule has 0 fully saturated rings. The van der Waals surface area contributed by atoms with E-state index in [1.54, 1.807) is 43.4 Å². The predicted molar refractivity (Wildman–Crippen MR) is 120 cm³/mol. The minimum Gasteiger partial charge on any atom is -0.332 e. The number of carbonyl (C=O) groups is 3. The third-order valence-electron chi connectivity index (χ3n) is 4.72. The molecular weight excluding hydrogens is 398 g/mol. The van der Waals surface area contributed by atoms with Crippen LogP contribution in [0.15, 0.2) is 60.0 Å². The quantitative estimate of drug-likeness (QED) is 0.622. The second kappa shape index (κ2) is 9.37. The van der Waals surface area contributed by atoms with E-state index >= 15 is 0 Å². The van der Waals surface area contributed by atoms with E-state index in [4.69, 9.17) is 0 Å². The Kier molecular flexibility index (Phi) is 6.64. The summed E-state index contributed by atoms with van der Waals surface area (Å²) in [5.41, 5.74) is 3.72. The van der Waals surface area contributed by atoms with E-state index in [2.05, 4.69) is 10.6 Å². The third-order valence-corrected chi connectivity index (χ3v) is 5.59. The number of aryl methyl sites for hydroxylation is 1. The van der Waals surface area contributed by atoms with Crippen molar-refractivity contribution in [1.29, 1.82) is 0 Å². The Labute approximate surface area is 179 Å². The first-order chi connectivity index (χ1) is 14.3. The highest BCUT2D eigenvalue weighted by atomic mass is 32.1. The Bertz CT molecular complexity index is 1080. The number of hydrogen-bond acceptors (Lipinski definition) is 4. The number of benzene rings is 2. The van der Waals surface area contributed by atoms with Crippen molar-refractivity contribution < 1.29 is 14.4 Å². The van der Waals surface area contributed by atoms with Crippen molar-refractivity contribution >= 4 is 40.4 Å². The van der Waals surface area contributed by atoms with Gasteiger partial charge in [-0.1, -0.05) is 24.3 Å². The number of anilines is 2. The smallest absolute Gasteiger partial charge is 0.265 e. The number of amides is 3. The molecule has 0 radical (unpaired) electrons. The monoisotopic (exact) mass is 421 g/mol. The highest BCUT2D eigenvalue weighted by Crippen LogP contribution is 2.18. The second-order valence-electron chi connectivity index (χ2n) is 6.97. The van der Waals surface area contributed by atoms with Crippen LogP contribution < -0.4 is 10.6 Å². The van der Waals surface area contributed by atoms with Crippen molar-refractivity contribution in [3.63, 3.8) is 0 Å². The van der Waals surface area contributed by atoms with Gasteiger partial charge in [0.25, 0.3) is 11.8 Å². The summed E-state index contributed by atoms with van der Waals surface area (Å²) in [7, 11) is 1.57. The van der Waals surface area contributed by atoms with Crippen LogP contribution in [0.3, 0.4) is 0 Å². The Balaban J connectivity index is 1.63. The van der Waals surface area contributed by atoms with Gasteiger partial charge in [0.1, 0.15) is 0 Å². The van der Waals surface area contributed by atoms with Gasteiger partial charge in [0.15, 0.2) is 0 Å². The van der Waals surface area contributed by atoms with E-state index < -0.39 is 0 Å². The highest BCUT2D eigenvalue weighted by molar-refractivity contribution is 7.12. The molecule has 0 spiro atoms. The molecule has 0 saturated carbocycles. The number of rotatable bonds is 6. The normalized spacial score (nSPS) is 10.4. The lowest BCUT2D eigenvalue weighted by Crippen LogP contribution is -2.35. The van der Waals surface area contributed by atoms with Crippen molar-refractivity contribution in [2.24, 2.45) is 0 Å². The van der Waals surface area contributed by atoms with Gasteiger partial charge in [-0.15, -0.1) is 11.3 Å². The van der Waals surface area contributed by atoms with Crippen LogP contribution >= 0.6 is 11.3 Å². The van der Waals surface area contributed by atoms with Crippen LogP contribution in [0.5, 0.6) is 0 Å². The molecule has 3 amide bonds. The van der Waals surface area contributed by atoms with Gasteiger partial charge in [-0.25, -0.2) is 0 Å². The largest absolute Gasteiger partial charge is 0.332 e. The van der Waals surface area contributed by atoms with Crippen LogP contribution in [0.25, 0.3) is 0 Å². The Morgan fingerprint density at radius 3 is 2.47 bits per heavy atom. The average molecular weight is 422 g/mol. The van der Waals surface area contributed by atoms with E-state index in [1.165, 1.54) is 16.2 Å². The summed E-state index contributed by atoms with van der Waals surface area (Å²) in [6.45, 7) is 3.83. The number of carbonyl (C=O) groups excluding carboxylic acids is 3. The summed E-state index contributed by atoms with van der Waals surface area (Å²) in [4.78, 5) is 39.3. The fraction of sp³-hybridized carbons (Fsp3) is 0.174. The highest BCUT2D eigenvalue weighted by Gasteiger charge is 2.17. The number of hydrogen-bond donors (Lipinski definition) is 2. The first kappa shape index (κ1) is 21.3. The van der Waals surface area contributed by atoms with Crippen LogP contribution in [0.4, 0.5) is 11.4 Å². The van der Waals surface area contributed by atoms with Gasteiger partial charge >= 0.3 is 0 Å². The minimum atomic E-state index is -0.307. The summed E-state index contributed by atoms with van der Waals surface area (Å²) >= 11 is 1.34. The number of nitrogens with zero attached hydrogens (tertiary/aromatic N) is 1. The molecule has 0 aliphatic heterocycles. The summed E-state index contributed by atoms with van der Waals surface area (Å²) < 4.78 is 0. The zero-order valence-electron chi connectivity index (χ0n) is 17.1. The van der Waals surface area contributed by atoms with Crippen LogP contribution in [0.1, 0.15) is 31.2 Å². The van der Waals surface area contributed by atoms with Crippen molar-refractivity contribution in [2.45, 2.75) is 13.8 Å².